The average Bonchev–Trinajstić information content (AvgIpc) is 3.21. The molecule has 0 unspecified atom stereocenters. The van der Waals surface area contributed by atoms with E-state index in [9.17, 15) is 14.7 Å². The number of fused-ring (bicyclic) bond motifs is 2. The van der Waals surface area contributed by atoms with Crippen molar-refractivity contribution >= 4 is 17.5 Å². The number of ether oxygens (including phenoxy) is 4. The highest BCUT2D eigenvalue weighted by Gasteiger charge is 2.19. The number of amides is 2. The molecule has 0 fully saturated rings. The van der Waals surface area contributed by atoms with Crippen LogP contribution in [0.25, 0.3) is 0 Å². The van der Waals surface area contributed by atoms with Crippen LogP contribution in [0, 0.1) is 0 Å². The molecular weight excluding hydrogens is 380 g/mol. The molecule has 0 bridgehead atoms. The van der Waals surface area contributed by atoms with Crippen molar-refractivity contribution in [2.24, 2.45) is 0 Å². The lowest BCUT2D eigenvalue weighted by molar-refractivity contribution is -0.136. The van der Waals surface area contributed by atoms with E-state index in [1.165, 1.54) is 0 Å². The zero-order valence-electron chi connectivity index (χ0n) is 15.5. The maximum Gasteiger partial charge on any atom is 0.313 e. The van der Waals surface area contributed by atoms with Crippen LogP contribution < -0.4 is 29.6 Å². The average molecular weight is 400 g/mol. The van der Waals surface area contributed by atoms with Gasteiger partial charge in [0.15, 0.2) is 23.0 Å². The maximum absolute atomic E-state index is 12.1. The number of rotatable bonds is 5. The molecule has 0 saturated carbocycles. The zero-order chi connectivity index (χ0) is 20.2. The molecule has 0 spiro atoms. The minimum Gasteiger partial charge on any atom is -0.486 e. The van der Waals surface area contributed by atoms with Gasteiger partial charge in [-0.1, -0.05) is 6.07 Å². The Morgan fingerprint density at radius 2 is 1.59 bits per heavy atom. The van der Waals surface area contributed by atoms with E-state index in [4.69, 9.17) is 18.9 Å². The number of hydrogen-bond donors (Lipinski definition) is 3. The molecule has 0 aliphatic carbocycles. The lowest BCUT2D eigenvalue weighted by atomic mass is 10.1. The van der Waals surface area contributed by atoms with E-state index in [2.05, 4.69) is 10.6 Å². The van der Waals surface area contributed by atoms with E-state index in [1.807, 2.05) is 0 Å². The molecule has 0 radical (unpaired) electrons. The molecule has 2 aromatic carbocycles. The summed E-state index contributed by atoms with van der Waals surface area (Å²) in [5.41, 5.74) is 1.07. The second kappa shape index (κ2) is 8.27. The van der Waals surface area contributed by atoms with E-state index >= 15 is 0 Å². The summed E-state index contributed by atoms with van der Waals surface area (Å²) < 4.78 is 21.4. The zero-order valence-corrected chi connectivity index (χ0v) is 15.5. The molecule has 2 aromatic rings. The van der Waals surface area contributed by atoms with Gasteiger partial charge in [-0.25, -0.2) is 0 Å². The van der Waals surface area contributed by atoms with E-state index in [0.29, 0.717) is 47.5 Å². The molecule has 9 nitrogen and oxygen atoms in total. The number of benzene rings is 2. The fourth-order valence-electron chi connectivity index (χ4n) is 3.00. The number of anilines is 1. The molecule has 4 rings (SSSR count). The molecule has 2 heterocycles. The van der Waals surface area contributed by atoms with E-state index < -0.39 is 17.9 Å². The standard InChI is InChI=1S/C20H20N2O7/c23-14(12-1-3-16-17(9-12)29-11-28-16)5-6-21-19(24)20(25)22-13-2-4-15-18(10-13)27-8-7-26-15/h1-4,9-10,14,23H,5-8,11H2,(H,21,24)(H,22,25)/t14-/m0/s1. The molecule has 152 valence electrons. The predicted octanol–water partition coefficient (Wildman–Crippen LogP) is 1.36. The molecule has 2 amide bonds. The van der Waals surface area contributed by atoms with Crippen LogP contribution in [0.5, 0.6) is 23.0 Å². The first-order valence-electron chi connectivity index (χ1n) is 9.16. The summed E-state index contributed by atoms with van der Waals surface area (Å²) in [7, 11) is 0. The summed E-state index contributed by atoms with van der Waals surface area (Å²) in [6.07, 6.45) is -0.575. The lowest BCUT2D eigenvalue weighted by Crippen LogP contribution is -2.36. The van der Waals surface area contributed by atoms with Gasteiger partial charge in [-0.3, -0.25) is 9.59 Å². The van der Waals surface area contributed by atoms with Crippen molar-refractivity contribution in [3.05, 3.63) is 42.0 Å². The van der Waals surface area contributed by atoms with Crippen molar-refractivity contribution in [1.82, 2.24) is 5.32 Å². The summed E-state index contributed by atoms with van der Waals surface area (Å²) in [6.45, 7) is 1.18. The number of nitrogens with one attached hydrogen (secondary N) is 2. The van der Waals surface area contributed by atoms with Gasteiger partial charge >= 0.3 is 11.8 Å². The topological polar surface area (TPSA) is 115 Å². The minimum atomic E-state index is -0.814. The van der Waals surface area contributed by atoms with E-state index in [0.717, 1.165) is 0 Å². The molecule has 29 heavy (non-hydrogen) atoms. The highest BCUT2D eigenvalue weighted by Crippen LogP contribution is 2.35. The Balaban J connectivity index is 1.25. The molecule has 0 saturated heterocycles. The Morgan fingerprint density at radius 3 is 2.45 bits per heavy atom. The molecule has 0 aromatic heterocycles. The summed E-state index contributed by atoms with van der Waals surface area (Å²) in [5, 5.41) is 15.3. The van der Waals surface area contributed by atoms with Crippen molar-refractivity contribution in [2.75, 3.05) is 31.9 Å². The van der Waals surface area contributed by atoms with Crippen LogP contribution in [0.3, 0.4) is 0 Å². The normalized spacial score (nSPS) is 14.8. The fourth-order valence-corrected chi connectivity index (χ4v) is 3.00. The van der Waals surface area contributed by atoms with Crippen LogP contribution in [-0.4, -0.2) is 43.5 Å². The van der Waals surface area contributed by atoms with Gasteiger partial charge in [0.05, 0.1) is 6.10 Å². The van der Waals surface area contributed by atoms with Gasteiger partial charge in [0, 0.05) is 18.3 Å². The SMILES string of the molecule is O=C(NCC[C@H](O)c1ccc2c(c1)OCO2)C(=O)Nc1ccc2c(c1)OCCO2. The second-order valence-corrected chi connectivity index (χ2v) is 6.49. The third kappa shape index (κ3) is 4.35. The summed E-state index contributed by atoms with van der Waals surface area (Å²) in [6, 6.07) is 10.0. The quantitative estimate of drug-likeness (QED) is 0.649. The molecule has 2 aliphatic rings. The Kier molecular flexibility index (Phi) is 5.39. The maximum atomic E-state index is 12.1. The molecule has 9 heteroatoms. The molecule has 3 N–H and O–H groups in total. The summed E-state index contributed by atoms with van der Waals surface area (Å²) >= 11 is 0. The highest BCUT2D eigenvalue weighted by molar-refractivity contribution is 6.39. The highest BCUT2D eigenvalue weighted by atomic mass is 16.7. The number of carbonyl (C=O) groups excluding carboxylic acids is 2. The largest absolute Gasteiger partial charge is 0.486 e. The van der Waals surface area contributed by atoms with Crippen LogP contribution in [0.1, 0.15) is 18.1 Å². The number of carbonyl (C=O) groups is 2. The van der Waals surface area contributed by atoms with E-state index in [1.54, 1.807) is 36.4 Å². The van der Waals surface area contributed by atoms with Crippen LogP contribution >= 0.6 is 0 Å². The van der Waals surface area contributed by atoms with Gasteiger partial charge in [-0.05, 0) is 36.2 Å². The van der Waals surface area contributed by atoms with Crippen LogP contribution in [0.15, 0.2) is 36.4 Å². The van der Waals surface area contributed by atoms with Gasteiger partial charge in [0.2, 0.25) is 6.79 Å². The minimum absolute atomic E-state index is 0.128. The number of aliphatic hydroxyl groups is 1. The smallest absolute Gasteiger partial charge is 0.313 e. The Bertz CT molecular complexity index is 931. The number of hydrogen-bond acceptors (Lipinski definition) is 7. The predicted molar refractivity (Wildman–Crippen MR) is 101 cm³/mol. The molecule has 2 aliphatic heterocycles. The van der Waals surface area contributed by atoms with Gasteiger partial charge in [-0.15, -0.1) is 0 Å². The van der Waals surface area contributed by atoms with Gasteiger partial charge in [0.25, 0.3) is 0 Å². The van der Waals surface area contributed by atoms with Crippen molar-refractivity contribution in [3.63, 3.8) is 0 Å². The lowest BCUT2D eigenvalue weighted by Gasteiger charge is -2.19. The van der Waals surface area contributed by atoms with Crippen molar-refractivity contribution in [3.8, 4) is 23.0 Å². The Hall–Kier alpha value is -3.46. The van der Waals surface area contributed by atoms with Crippen molar-refractivity contribution in [2.45, 2.75) is 12.5 Å². The molecular formula is C20H20N2O7. The van der Waals surface area contributed by atoms with Crippen LogP contribution in [0.2, 0.25) is 0 Å². The van der Waals surface area contributed by atoms with Crippen LogP contribution in [0.4, 0.5) is 5.69 Å². The Labute approximate surface area is 166 Å². The summed E-state index contributed by atoms with van der Waals surface area (Å²) in [5.74, 6) is 0.712. The first kappa shape index (κ1) is 18.9. The van der Waals surface area contributed by atoms with Crippen molar-refractivity contribution in [1.29, 1.82) is 0 Å². The van der Waals surface area contributed by atoms with E-state index in [-0.39, 0.29) is 19.8 Å². The fraction of sp³-hybridized carbons (Fsp3) is 0.300. The molecule has 1 atom stereocenters. The van der Waals surface area contributed by atoms with Crippen LogP contribution in [-0.2, 0) is 9.59 Å². The monoisotopic (exact) mass is 400 g/mol. The second-order valence-electron chi connectivity index (χ2n) is 6.49. The summed E-state index contributed by atoms with van der Waals surface area (Å²) in [4.78, 5) is 24.1. The van der Waals surface area contributed by atoms with Gasteiger partial charge in [-0.2, -0.15) is 0 Å². The number of aliphatic hydroxyl groups excluding tert-OH is 1. The van der Waals surface area contributed by atoms with Gasteiger partial charge in [0.1, 0.15) is 13.2 Å². The third-order valence-corrected chi connectivity index (χ3v) is 4.49. The van der Waals surface area contributed by atoms with Crippen molar-refractivity contribution < 1.29 is 33.6 Å². The third-order valence-electron chi connectivity index (χ3n) is 4.49. The van der Waals surface area contributed by atoms with Gasteiger partial charge < -0.3 is 34.7 Å². The first-order chi connectivity index (χ1) is 14.1. The Morgan fingerprint density at radius 1 is 0.897 bits per heavy atom. The first-order valence-corrected chi connectivity index (χ1v) is 9.16.